The molecule has 1 fully saturated rings. The molecule has 0 saturated heterocycles. The van der Waals surface area contributed by atoms with Crippen molar-refractivity contribution in [2.24, 2.45) is 5.92 Å². The van der Waals surface area contributed by atoms with Crippen LogP contribution in [0.15, 0.2) is 22.7 Å². The van der Waals surface area contributed by atoms with Crippen molar-refractivity contribution in [2.75, 3.05) is 14.2 Å². The van der Waals surface area contributed by atoms with Gasteiger partial charge in [-0.2, -0.15) is 0 Å². The number of benzene rings is 1. The molecule has 1 aliphatic carbocycles. The zero-order valence-corrected chi connectivity index (χ0v) is 14.4. The topological polar surface area (TPSA) is 55.8 Å². The van der Waals surface area contributed by atoms with Crippen molar-refractivity contribution in [3.63, 3.8) is 0 Å². The second kappa shape index (κ2) is 5.61. The normalized spacial score (nSPS) is 28.1. The van der Waals surface area contributed by atoms with E-state index in [0.29, 0.717) is 18.6 Å². The van der Waals surface area contributed by atoms with Crippen LogP contribution in [0.4, 0.5) is 0 Å². The van der Waals surface area contributed by atoms with E-state index in [9.17, 15) is 9.90 Å². The maximum Gasteiger partial charge on any atom is 0.316 e. The lowest BCUT2D eigenvalue weighted by molar-refractivity contribution is -0.175. The number of ether oxygens (including phenoxy) is 2. The van der Waals surface area contributed by atoms with Crippen LogP contribution in [0.25, 0.3) is 0 Å². The highest BCUT2D eigenvalue weighted by Crippen LogP contribution is 2.56. The first-order valence-electron chi connectivity index (χ1n) is 6.94. The second-order valence-electron chi connectivity index (χ2n) is 6.03. The fourth-order valence-corrected chi connectivity index (χ4v) is 3.46. The van der Waals surface area contributed by atoms with Gasteiger partial charge in [0.25, 0.3) is 0 Å². The first kappa shape index (κ1) is 16.3. The van der Waals surface area contributed by atoms with Gasteiger partial charge in [0.2, 0.25) is 0 Å². The van der Waals surface area contributed by atoms with Gasteiger partial charge in [-0.05, 0) is 37.0 Å². The van der Waals surface area contributed by atoms with Crippen LogP contribution in [0.5, 0.6) is 5.75 Å². The largest absolute Gasteiger partial charge is 0.496 e. The van der Waals surface area contributed by atoms with E-state index in [4.69, 9.17) is 9.47 Å². The number of esters is 1. The van der Waals surface area contributed by atoms with Crippen molar-refractivity contribution in [2.45, 2.75) is 37.7 Å². The molecule has 1 saturated carbocycles. The van der Waals surface area contributed by atoms with Crippen LogP contribution < -0.4 is 4.74 Å². The minimum atomic E-state index is -0.846. The summed E-state index contributed by atoms with van der Waals surface area (Å²) in [7, 11) is 2.95. The van der Waals surface area contributed by atoms with E-state index < -0.39 is 11.0 Å². The van der Waals surface area contributed by atoms with Crippen LogP contribution in [0.3, 0.4) is 0 Å². The summed E-state index contributed by atoms with van der Waals surface area (Å²) in [5.74, 6) is 0.382. The first-order valence-corrected chi connectivity index (χ1v) is 7.73. The summed E-state index contributed by atoms with van der Waals surface area (Å²) in [5, 5.41) is 10.6. The van der Waals surface area contributed by atoms with Gasteiger partial charge in [-0.25, -0.2) is 0 Å². The molecule has 0 spiro atoms. The predicted molar refractivity (Wildman–Crippen MR) is 83.4 cm³/mol. The molecule has 0 amide bonds. The molecule has 4 nitrogen and oxygen atoms in total. The molecule has 0 unspecified atom stereocenters. The summed E-state index contributed by atoms with van der Waals surface area (Å²) in [6.07, 6.45) is 0.689. The van der Waals surface area contributed by atoms with E-state index in [2.05, 4.69) is 15.9 Å². The Morgan fingerprint density at radius 3 is 2.43 bits per heavy atom. The highest BCUT2D eigenvalue weighted by atomic mass is 79.9. The number of aliphatic hydroxyl groups is 1. The van der Waals surface area contributed by atoms with E-state index in [0.717, 1.165) is 10.0 Å². The molecule has 1 aliphatic rings. The number of hydrogen-bond acceptors (Lipinski definition) is 4. The van der Waals surface area contributed by atoms with E-state index in [1.807, 2.05) is 32.0 Å². The quantitative estimate of drug-likeness (QED) is 0.842. The number of rotatable bonds is 4. The fraction of sp³-hybridized carbons (Fsp3) is 0.562. The smallest absolute Gasteiger partial charge is 0.316 e. The molecule has 0 aliphatic heterocycles. The Morgan fingerprint density at radius 2 is 1.95 bits per heavy atom. The maximum atomic E-state index is 12.4. The third kappa shape index (κ3) is 2.57. The fourth-order valence-electron chi connectivity index (χ4n) is 3.10. The van der Waals surface area contributed by atoms with Crippen molar-refractivity contribution in [1.82, 2.24) is 0 Å². The Morgan fingerprint density at radius 1 is 1.33 bits per heavy atom. The Bertz CT molecular complexity index is 547. The van der Waals surface area contributed by atoms with Crippen molar-refractivity contribution in [3.05, 3.63) is 28.2 Å². The molecule has 0 atom stereocenters. The van der Waals surface area contributed by atoms with E-state index in [1.54, 1.807) is 7.11 Å². The molecule has 5 heteroatoms. The maximum absolute atomic E-state index is 12.4. The van der Waals surface area contributed by atoms with Crippen LogP contribution in [0, 0.1) is 5.92 Å². The molecule has 1 N–H and O–H groups in total. The van der Waals surface area contributed by atoms with Gasteiger partial charge in [-0.3, -0.25) is 4.79 Å². The van der Waals surface area contributed by atoms with Gasteiger partial charge in [0.1, 0.15) is 11.2 Å². The van der Waals surface area contributed by atoms with Gasteiger partial charge in [0.15, 0.2) is 0 Å². The first-order chi connectivity index (χ1) is 9.79. The lowest BCUT2D eigenvalue weighted by Gasteiger charge is -2.53. The summed E-state index contributed by atoms with van der Waals surface area (Å²) in [5.41, 5.74) is -0.929. The van der Waals surface area contributed by atoms with Gasteiger partial charge >= 0.3 is 5.97 Å². The molecule has 2 rings (SSSR count). The molecule has 21 heavy (non-hydrogen) atoms. The average Bonchev–Trinajstić information content (AvgIpc) is 2.42. The molecule has 1 aromatic rings. The van der Waals surface area contributed by atoms with Gasteiger partial charge in [0.05, 0.1) is 19.8 Å². The monoisotopic (exact) mass is 356 g/mol. The van der Waals surface area contributed by atoms with Crippen LogP contribution in [0.2, 0.25) is 0 Å². The molecular weight excluding hydrogens is 336 g/mol. The predicted octanol–water partition coefficient (Wildman–Crippen LogP) is 3.05. The zero-order valence-electron chi connectivity index (χ0n) is 12.8. The Hall–Kier alpha value is -1.07. The van der Waals surface area contributed by atoms with Crippen molar-refractivity contribution >= 4 is 21.9 Å². The van der Waals surface area contributed by atoms with Crippen molar-refractivity contribution < 1.29 is 19.4 Å². The molecule has 116 valence electrons. The molecule has 0 aromatic heterocycles. The minimum Gasteiger partial charge on any atom is -0.496 e. The Kier molecular flexibility index (Phi) is 4.36. The van der Waals surface area contributed by atoms with Crippen LogP contribution >= 0.6 is 15.9 Å². The third-order valence-electron chi connectivity index (χ3n) is 4.54. The van der Waals surface area contributed by atoms with Gasteiger partial charge in [0, 0.05) is 10.0 Å². The lowest BCUT2D eigenvalue weighted by Crippen LogP contribution is -2.61. The molecule has 0 heterocycles. The Labute approximate surface area is 133 Å². The summed E-state index contributed by atoms with van der Waals surface area (Å²) in [6, 6.07) is 5.55. The standard InChI is InChI=1S/C16H21BrO4/c1-10(2)16(19)8-15(9-16,14(18)21-4)12-7-11(17)5-6-13(12)20-3/h5-7,10,19H,8-9H2,1-4H3. The van der Waals surface area contributed by atoms with Gasteiger partial charge < -0.3 is 14.6 Å². The molecular formula is C16H21BrO4. The lowest BCUT2D eigenvalue weighted by atomic mass is 9.53. The SMILES string of the molecule is COC(=O)C1(c2cc(Br)ccc2OC)CC(O)(C(C)C)C1. The number of carbonyl (C=O) groups excluding carboxylic acids is 1. The highest BCUT2D eigenvalue weighted by molar-refractivity contribution is 9.10. The van der Waals surface area contributed by atoms with E-state index >= 15 is 0 Å². The summed E-state index contributed by atoms with van der Waals surface area (Å²) in [4.78, 5) is 12.4. The number of carbonyl (C=O) groups is 1. The zero-order chi connectivity index (χ0) is 15.8. The molecule has 0 bridgehead atoms. The van der Waals surface area contributed by atoms with Crippen LogP contribution in [0.1, 0.15) is 32.3 Å². The van der Waals surface area contributed by atoms with Crippen molar-refractivity contribution in [1.29, 1.82) is 0 Å². The Balaban J connectivity index is 2.50. The molecule has 0 radical (unpaired) electrons. The van der Waals surface area contributed by atoms with E-state index in [-0.39, 0.29) is 11.9 Å². The summed E-state index contributed by atoms with van der Waals surface area (Å²) >= 11 is 3.43. The third-order valence-corrected chi connectivity index (χ3v) is 5.04. The number of hydrogen-bond donors (Lipinski definition) is 1. The summed E-state index contributed by atoms with van der Waals surface area (Å²) in [6.45, 7) is 3.92. The van der Waals surface area contributed by atoms with Crippen molar-refractivity contribution in [3.8, 4) is 5.75 Å². The average molecular weight is 357 g/mol. The minimum absolute atomic E-state index is 0.0772. The van der Waals surface area contributed by atoms with Gasteiger partial charge in [-0.15, -0.1) is 0 Å². The number of methoxy groups -OCH3 is 2. The second-order valence-corrected chi connectivity index (χ2v) is 6.95. The highest BCUT2D eigenvalue weighted by Gasteiger charge is 2.62. The molecule has 1 aromatic carbocycles. The number of halogens is 1. The summed E-state index contributed by atoms with van der Waals surface area (Å²) < 4.78 is 11.3. The van der Waals surface area contributed by atoms with E-state index in [1.165, 1.54) is 7.11 Å². The van der Waals surface area contributed by atoms with Crippen LogP contribution in [-0.4, -0.2) is 30.9 Å². The van der Waals surface area contributed by atoms with Gasteiger partial charge in [-0.1, -0.05) is 29.8 Å². The van der Waals surface area contributed by atoms with Crippen LogP contribution in [-0.2, 0) is 14.9 Å².